The Morgan fingerprint density at radius 2 is 2.00 bits per heavy atom. The molecule has 2 rings (SSSR count). The first-order chi connectivity index (χ1) is 12.4. The van der Waals surface area contributed by atoms with Crippen molar-refractivity contribution in [3.63, 3.8) is 0 Å². The maximum absolute atomic E-state index is 12.5. The standard InChI is InChI=1S/C18H27N3O5/c1-19(2)7-5-8-20(3)16(22)12-14-13-25-11-9-21(14)18(24)17(23)15-6-4-10-26-15/h4,6,10,14H,5,7-9,11-13H2,1-3H3/t14-/m0/s1. The molecule has 1 saturated heterocycles. The van der Waals surface area contributed by atoms with Crippen LogP contribution in [0.3, 0.4) is 0 Å². The molecule has 8 nitrogen and oxygen atoms in total. The number of furan rings is 1. The molecule has 0 N–H and O–H groups in total. The van der Waals surface area contributed by atoms with Crippen LogP contribution in [0.15, 0.2) is 22.8 Å². The Hall–Kier alpha value is -2.19. The van der Waals surface area contributed by atoms with E-state index in [0.717, 1.165) is 13.0 Å². The van der Waals surface area contributed by atoms with Crippen molar-refractivity contribution < 1.29 is 23.5 Å². The number of carbonyl (C=O) groups is 3. The summed E-state index contributed by atoms with van der Waals surface area (Å²) in [4.78, 5) is 42.4. The largest absolute Gasteiger partial charge is 0.461 e. The van der Waals surface area contributed by atoms with Crippen molar-refractivity contribution in [3.05, 3.63) is 24.2 Å². The predicted molar refractivity (Wildman–Crippen MR) is 94.8 cm³/mol. The summed E-state index contributed by atoms with van der Waals surface area (Å²) in [5, 5.41) is 0. The fourth-order valence-electron chi connectivity index (χ4n) is 2.84. The van der Waals surface area contributed by atoms with E-state index in [1.807, 2.05) is 14.1 Å². The van der Waals surface area contributed by atoms with E-state index in [2.05, 4.69) is 4.90 Å². The fraction of sp³-hybridized carbons (Fsp3) is 0.611. The monoisotopic (exact) mass is 365 g/mol. The third kappa shape index (κ3) is 5.40. The van der Waals surface area contributed by atoms with E-state index in [0.29, 0.717) is 13.2 Å². The predicted octanol–water partition coefficient (Wildman–Crippen LogP) is 0.490. The number of ether oxygens (including phenoxy) is 1. The number of hydrogen-bond donors (Lipinski definition) is 0. The van der Waals surface area contributed by atoms with Crippen LogP contribution in [0.25, 0.3) is 0 Å². The highest BCUT2D eigenvalue weighted by Crippen LogP contribution is 2.15. The van der Waals surface area contributed by atoms with Gasteiger partial charge in [0.1, 0.15) is 0 Å². The second-order valence-electron chi connectivity index (χ2n) is 6.71. The van der Waals surface area contributed by atoms with Gasteiger partial charge in [0.05, 0.1) is 25.5 Å². The maximum atomic E-state index is 12.5. The highest BCUT2D eigenvalue weighted by molar-refractivity contribution is 6.42. The van der Waals surface area contributed by atoms with Crippen molar-refractivity contribution in [2.24, 2.45) is 0 Å². The third-order valence-electron chi connectivity index (χ3n) is 4.36. The smallest absolute Gasteiger partial charge is 0.298 e. The van der Waals surface area contributed by atoms with Gasteiger partial charge in [0, 0.05) is 26.6 Å². The van der Waals surface area contributed by atoms with Gasteiger partial charge in [-0.1, -0.05) is 0 Å². The molecular weight excluding hydrogens is 338 g/mol. The van der Waals surface area contributed by atoms with Gasteiger partial charge < -0.3 is 23.9 Å². The van der Waals surface area contributed by atoms with E-state index in [4.69, 9.17) is 9.15 Å². The highest BCUT2D eigenvalue weighted by atomic mass is 16.5. The molecule has 1 aromatic rings. The molecule has 1 aromatic heterocycles. The van der Waals surface area contributed by atoms with Gasteiger partial charge in [0.2, 0.25) is 5.91 Å². The Kier molecular flexibility index (Phi) is 7.35. The van der Waals surface area contributed by atoms with Crippen LogP contribution in [-0.2, 0) is 14.3 Å². The summed E-state index contributed by atoms with van der Waals surface area (Å²) in [6, 6.07) is 2.57. The highest BCUT2D eigenvalue weighted by Gasteiger charge is 2.34. The molecule has 26 heavy (non-hydrogen) atoms. The zero-order valence-corrected chi connectivity index (χ0v) is 15.6. The van der Waals surface area contributed by atoms with Crippen LogP contribution >= 0.6 is 0 Å². The first-order valence-corrected chi connectivity index (χ1v) is 8.75. The van der Waals surface area contributed by atoms with Crippen molar-refractivity contribution in [3.8, 4) is 0 Å². The molecule has 1 aliphatic rings. The average Bonchev–Trinajstić information content (AvgIpc) is 3.15. The Balaban J connectivity index is 1.94. The molecule has 8 heteroatoms. The molecule has 1 atom stereocenters. The minimum Gasteiger partial charge on any atom is -0.461 e. The van der Waals surface area contributed by atoms with Crippen molar-refractivity contribution in [2.75, 3.05) is 54.0 Å². The Morgan fingerprint density at radius 3 is 2.65 bits per heavy atom. The molecule has 0 bridgehead atoms. The van der Waals surface area contributed by atoms with Crippen LogP contribution in [0.5, 0.6) is 0 Å². The summed E-state index contributed by atoms with van der Waals surface area (Å²) >= 11 is 0. The summed E-state index contributed by atoms with van der Waals surface area (Å²) in [6.45, 7) is 2.42. The number of nitrogens with zero attached hydrogens (tertiary/aromatic N) is 3. The van der Waals surface area contributed by atoms with Gasteiger partial charge in [0.25, 0.3) is 11.7 Å². The van der Waals surface area contributed by atoms with E-state index in [9.17, 15) is 14.4 Å². The van der Waals surface area contributed by atoms with Crippen LogP contribution in [0.2, 0.25) is 0 Å². The quantitative estimate of drug-likeness (QED) is 0.493. The van der Waals surface area contributed by atoms with Crippen molar-refractivity contribution in [2.45, 2.75) is 18.9 Å². The zero-order valence-electron chi connectivity index (χ0n) is 15.6. The fourth-order valence-corrected chi connectivity index (χ4v) is 2.84. The molecule has 0 aliphatic carbocycles. The third-order valence-corrected chi connectivity index (χ3v) is 4.36. The van der Waals surface area contributed by atoms with Crippen LogP contribution in [0.1, 0.15) is 23.4 Å². The lowest BCUT2D eigenvalue weighted by atomic mass is 10.1. The maximum Gasteiger partial charge on any atom is 0.298 e. The first-order valence-electron chi connectivity index (χ1n) is 8.75. The molecule has 0 aromatic carbocycles. The lowest BCUT2D eigenvalue weighted by Crippen LogP contribution is -2.52. The summed E-state index contributed by atoms with van der Waals surface area (Å²) in [5.41, 5.74) is 0. The first kappa shape index (κ1) is 20.1. The van der Waals surface area contributed by atoms with Gasteiger partial charge in [0.15, 0.2) is 5.76 Å². The molecule has 0 spiro atoms. The summed E-state index contributed by atoms with van der Waals surface area (Å²) in [7, 11) is 5.73. The van der Waals surface area contributed by atoms with Crippen molar-refractivity contribution in [1.29, 1.82) is 0 Å². The van der Waals surface area contributed by atoms with E-state index in [1.165, 1.54) is 17.2 Å². The molecule has 2 heterocycles. The van der Waals surface area contributed by atoms with Crippen LogP contribution < -0.4 is 0 Å². The van der Waals surface area contributed by atoms with E-state index >= 15 is 0 Å². The average molecular weight is 365 g/mol. The normalized spacial score (nSPS) is 17.4. The molecule has 144 valence electrons. The van der Waals surface area contributed by atoms with E-state index < -0.39 is 17.7 Å². The number of amides is 2. The number of rotatable bonds is 8. The van der Waals surface area contributed by atoms with Gasteiger partial charge in [-0.15, -0.1) is 0 Å². The second kappa shape index (κ2) is 9.49. The summed E-state index contributed by atoms with van der Waals surface area (Å²) in [5.74, 6) is -1.42. The number of ketones is 1. The summed E-state index contributed by atoms with van der Waals surface area (Å²) < 4.78 is 10.4. The molecular formula is C18H27N3O5. The van der Waals surface area contributed by atoms with Gasteiger partial charge in [-0.25, -0.2) is 0 Å². The molecule has 2 amide bonds. The Morgan fingerprint density at radius 1 is 1.23 bits per heavy atom. The van der Waals surface area contributed by atoms with Gasteiger partial charge >= 0.3 is 0 Å². The van der Waals surface area contributed by atoms with E-state index in [1.54, 1.807) is 18.0 Å². The SMILES string of the molecule is CN(C)CCCN(C)C(=O)C[C@H]1COCCN1C(=O)C(=O)c1ccco1. The molecule has 1 aliphatic heterocycles. The zero-order chi connectivity index (χ0) is 19.1. The van der Waals surface area contributed by atoms with Gasteiger partial charge in [-0.05, 0) is 39.2 Å². The molecule has 1 fully saturated rings. The number of hydrogen-bond acceptors (Lipinski definition) is 6. The lowest BCUT2D eigenvalue weighted by molar-refractivity contribution is -0.140. The van der Waals surface area contributed by atoms with E-state index in [-0.39, 0.29) is 31.2 Å². The van der Waals surface area contributed by atoms with Crippen molar-refractivity contribution >= 4 is 17.6 Å². The van der Waals surface area contributed by atoms with Gasteiger partial charge in [-0.2, -0.15) is 0 Å². The minimum absolute atomic E-state index is 0.00683. The molecule has 0 radical (unpaired) electrons. The van der Waals surface area contributed by atoms with Crippen LogP contribution in [-0.4, -0.2) is 92.3 Å². The second-order valence-corrected chi connectivity index (χ2v) is 6.71. The van der Waals surface area contributed by atoms with Crippen LogP contribution in [0, 0.1) is 0 Å². The van der Waals surface area contributed by atoms with Crippen molar-refractivity contribution in [1.82, 2.24) is 14.7 Å². The topological polar surface area (TPSA) is 83.3 Å². The Labute approximate surface area is 153 Å². The number of Topliss-reactive ketones (excluding diaryl/α,β-unsaturated/α-hetero) is 1. The molecule has 0 unspecified atom stereocenters. The summed E-state index contributed by atoms with van der Waals surface area (Å²) in [6.07, 6.45) is 2.36. The molecule has 0 saturated carbocycles. The Bertz CT molecular complexity index is 614. The number of carbonyl (C=O) groups excluding carboxylic acids is 3. The lowest BCUT2D eigenvalue weighted by Gasteiger charge is -2.35. The minimum atomic E-state index is -0.700. The van der Waals surface area contributed by atoms with Crippen LogP contribution in [0.4, 0.5) is 0 Å². The number of morpholine rings is 1. The van der Waals surface area contributed by atoms with Gasteiger partial charge in [-0.3, -0.25) is 14.4 Å².